The van der Waals surface area contributed by atoms with Gasteiger partial charge in [-0.25, -0.2) is 0 Å². The number of hydrogen-bond donors (Lipinski definition) is 1. The molecule has 1 aromatic carbocycles. The Hall–Kier alpha value is -2.86. The zero-order chi connectivity index (χ0) is 18.8. The zero-order valence-corrected chi connectivity index (χ0v) is 15.8. The first kappa shape index (κ1) is 17.5. The number of benzene rings is 1. The number of rotatable bonds is 4. The van der Waals surface area contributed by atoms with Gasteiger partial charge in [0.25, 0.3) is 11.5 Å². The summed E-state index contributed by atoms with van der Waals surface area (Å²) in [7, 11) is 1.63. The molecule has 1 atom stereocenters. The molecule has 6 heteroatoms. The predicted octanol–water partition coefficient (Wildman–Crippen LogP) is 4.09. The van der Waals surface area contributed by atoms with Crippen molar-refractivity contribution in [3.05, 3.63) is 75.4 Å². The van der Waals surface area contributed by atoms with E-state index in [9.17, 15) is 9.59 Å². The molecule has 1 saturated heterocycles. The molecule has 4 rings (SSSR count). The Bertz CT molecular complexity index is 1010. The van der Waals surface area contributed by atoms with Crippen molar-refractivity contribution in [1.29, 1.82) is 0 Å². The van der Waals surface area contributed by atoms with Crippen LogP contribution in [0.2, 0.25) is 0 Å². The minimum Gasteiger partial charge on any atom is -0.497 e. The summed E-state index contributed by atoms with van der Waals surface area (Å²) in [6, 6.07) is 15.1. The van der Waals surface area contributed by atoms with Crippen molar-refractivity contribution in [2.45, 2.75) is 18.9 Å². The Kier molecular flexibility index (Phi) is 4.81. The quantitative estimate of drug-likeness (QED) is 0.742. The summed E-state index contributed by atoms with van der Waals surface area (Å²) in [6.07, 6.45) is 1.79. The number of nitrogens with zero attached hydrogens (tertiary/aromatic N) is 1. The molecule has 138 valence electrons. The van der Waals surface area contributed by atoms with Crippen LogP contribution in [0.4, 0.5) is 0 Å². The van der Waals surface area contributed by atoms with Gasteiger partial charge >= 0.3 is 0 Å². The highest BCUT2D eigenvalue weighted by atomic mass is 32.1. The summed E-state index contributed by atoms with van der Waals surface area (Å²) in [6.45, 7) is 0.646. The maximum Gasteiger partial charge on any atom is 0.261 e. The summed E-state index contributed by atoms with van der Waals surface area (Å²) in [5.74, 6) is 0.546. The fraction of sp³-hybridized carbons (Fsp3) is 0.238. The third kappa shape index (κ3) is 3.40. The maximum absolute atomic E-state index is 13.1. The van der Waals surface area contributed by atoms with E-state index < -0.39 is 0 Å². The van der Waals surface area contributed by atoms with Crippen LogP contribution in [0.1, 0.15) is 34.8 Å². The Labute approximate surface area is 161 Å². The summed E-state index contributed by atoms with van der Waals surface area (Å²) in [5.41, 5.74) is 1.61. The summed E-state index contributed by atoms with van der Waals surface area (Å²) in [4.78, 5) is 31.3. The first-order valence-corrected chi connectivity index (χ1v) is 9.77. The molecule has 1 amide bonds. The number of pyridine rings is 1. The molecule has 0 aliphatic carbocycles. The number of ether oxygens (including phenoxy) is 1. The number of aromatic nitrogens is 1. The lowest BCUT2D eigenvalue weighted by molar-refractivity contribution is 0.0733. The van der Waals surface area contributed by atoms with Crippen molar-refractivity contribution in [3.8, 4) is 16.3 Å². The number of carbonyl (C=O) groups excluding carboxylic acids is 1. The van der Waals surface area contributed by atoms with Crippen molar-refractivity contribution in [2.75, 3.05) is 13.7 Å². The smallest absolute Gasteiger partial charge is 0.261 e. The first-order valence-electron chi connectivity index (χ1n) is 8.89. The standard InChI is InChI=1S/C21H20N2O3S/c1-26-15-6-2-5-14(13-15)18-7-3-11-23(18)21(25)16-9-10-17(22-20(16)24)19-8-4-12-27-19/h2,4-6,8-10,12-13,18H,3,7,11H2,1H3,(H,22,24). The van der Waals surface area contributed by atoms with E-state index in [0.717, 1.165) is 34.7 Å². The number of hydrogen-bond acceptors (Lipinski definition) is 4. The van der Waals surface area contributed by atoms with Gasteiger partial charge in [-0.15, -0.1) is 11.3 Å². The number of H-pyrrole nitrogens is 1. The van der Waals surface area contributed by atoms with E-state index >= 15 is 0 Å². The molecule has 2 aromatic heterocycles. The number of aromatic amines is 1. The predicted molar refractivity (Wildman–Crippen MR) is 106 cm³/mol. The van der Waals surface area contributed by atoms with E-state index in [2.05, 4.69) is 4.98 Å². The Balaban J connectivity index is 1.62. The highest BCUT2D eigenvalue weighted by molar-refractivity contribution is 7.13. The van der Waals surface area contributed by atoms with Gasteiger partial charge in [-0.2, -0.15) is 0 Å². The molecule has 1 N–H and O–H groups in total. The number of likely N-dealkylation sites (tertiary alicyclic amines) is 1. The number of amides is 1. The maximum atomic E-state index is 13.1. The van der Waals surface area contributed by atoms with Crippen LogP contribution in [-0.4, -0.2) is 29.4 Å². The van der Waals surface area contributed by atoms with E-state index in [0.29, 0.717) is 6.54 Å². The van der Waals surface area contributed by atoms with Crippen LogP contribution in [0.15, 0.2) is 58.7 Å². The first-order chi connectivity index (χ1) is 13.2. The third-order valence-corrected chi connectivity index (χ3v) is 5.82. The monoisotopic (exact) mass is 380 g/mol. The lowest BCUT2D eigenvalue weighted by Crippen LogP contribution is -2.34. The summed E-state index contributed by atoms with van der Waals surface area (Å²) < 4.78 is 5.30. The second-order valence-electron chi connectivity index (χ2n) is 6.53. The Morgan fingerprint density at radius 3 is 2.85 bits per heavy atom. The van der Waals surface area contributed by atoms with Gasteiger partial charge in [0, 0.05) is 6.54 Å². The summed E-state index contributed by atoms with van der Waals surface area (Å²) in [5, 5.41) is 1.95. The zero-order valence-electron chi connectivity index (χ0n) is 15.0. The SMILES string of the molecule is COc1cccc(C2CCCN2C(=O)c2ccc(-c3cccs3)[nH]c2=O)c1. The molecule has 1 aliphatic heterocycles. The van der Waals surface area contributed by atoms with E-state index in [1.165, 1.54) is 0 Å². The fourth-order valence-corrected chi connectivity index (χ4v) is 4.28. The molecule has 3 heterocycles. The van der Waals surface area contributed by atoms with Gasteiger partial charge in [-0.05, 0) is 54.1 Å². The Morgan fingerprint density at radius 2 is 2.11 bits per heavy atom. The fourth-order valence-electron chi connectivity index (χ4n) is 3.58. The molecule has 1 aliphatic rings. The largest absolute Gasteiger partial charge is 0.497 e. The van der Waals surface area contributed by atoms with Gasteiger partial charge in [0.1, 0.15) is 11.3 Å². The van der Waals surface area contributed by atoms with Gasteiger partial charge in [0.05, 0.1) is 23.7 Å². The van der Waals surface area contributed by atoms with Crippen LogP contribution >= 0.6 is 11.3 Å². The number of thiophene rings is 1. The number of methoxy groups -OCH3 is 1. The van der Waals surface area contributed by atoms with Crippen LogP contribution in [0, 0.1) is 0 Å². The van der Waals surface area contributed by atoms with Crippen molar-refractivity contribution >= 4 is 17.2 Å². The second-order valence-corrected chi connectivity index (χ2v) is 7.47. The van der Waals surface area contributed by atoms with Gasteiger partial charge < -0.3 is 14.6 Å². The lowest BCUT2D eigenvalue weighted by atomic mass is 10.0. The van der Waals surface area contributed by atoms with Gasteiger partial charge in [-0.3, -0.25) is 9.59 Å². The topological polar surface area (TPSA) is 62.4 Å². The molecule has 0 radical (unpaired) electrons. The van der Waals surface area contributed by atoms with Crippen molar-refractivity contribution in [1.82, 2.24) is 9.88 Å². The van der Waals surface area contributed by atoms with Gasteiger partial charge in [0.15, 0.2) is 0 Å². The summed E-state index contributed by atoms with van der Waals surface area (Å²) >= 11 is 1.55. The van der Waals surface area contributed by atoms with Crippen LogP contribution in [0.5, 0.6) is 5.75 Å². The van der Waals surface area contributed by atoms with Crippen molar-refractivity contribution in [3.63, 3.8) is 0 Å². The van der Waals surface area contributed by atoms with Crippen LogP contribution < -0.4 is 10.3 Å². The molecular formula is C21H20N2O3S. The average Bonchev–Trinajstić information content (AvgIpc) is 3.39. The molecule has 3 aromatic rings. The highest BCUT2D eigenvalue weighted by Gasteiger charge is 2.32. The average molecular weight is 380 g/mol. The molecule has 1 fully saturated rings. The number of nitrogens with one attached hydrogen (secondary N) is 1. The Morgan fingerprint density at radius 1 is 1.22 bits per heavy atom. The molecule has 27 heavy (non-hydrogen) atoms. The van der Waals surface area contributed by atoms with Crippen molar-refractivity contribution < 1.29 is 9.53 Å². The van der Waals surface area contributed by atoms with E-state index in [1.807, 2.05) is 41.8 Å². The van der Waals surface area contributed by atoms with Crippen LogP contribution in [0.3, 0.4) is 0 Å². The van der Waals surface area contributed by atoms with Crippen LogP contribution in [-0.2, 0) is 0 Å². The molecular weight excluding hydrogens is 360 g/mol. The van der Waals surface area contributed by atoms with Crippen LogP contribution in [0.25, 0.3) is 10.6 Å². The molecule has 5 nitrogen and oxygen atoms in total. The number of carbonyl (C=O) groups is 1. The molecule has 0 bridgehead atoms. The second kappa shape index (κ2) is 7.40. The van der Waals surface area contributed by atoms with E-state index in [-0.39, 0.29) is 23.1 Å². The minimum atomic E-state index is -0.345. The highest BCUT2D eigenvalue weighted by Crippen LogP contribution is 2.34. The molecule has 0 saturated carbocycles. The van der Waals surface area contributed by atoms with Crippen molar-refractivity contribution in [2.24, 2.45) is 0 Å². The third-order valence-electron chi connectivity index (χ3n) is 4.92. The lowest BCUT2D eigenvalue weighted by Gasteiger charge is -2.25. The van der Waals surface area contributed by atoms with E-state index in [1.54, 1.807) is 35.5 Å². The van der Waals surface area contributed by atoms with E-state index in [4.69, 9.17) is 4.74 Å². The minimum absolute atomic E-state index is 0.0380. The van der Waals surface area contributed by atoms with Gasteiger partial charge in [-0.1, -0.05) is 18.2 Å². The van der Waals surface area contributed by atoms with Gasteiger partial charge in [0.2, 0.25) is 0 Å². The molecule has 0 spiro atoms. The molecule has 1 unspecified atom stereocenters. The normalized spacial score (nSPS) is 16.5.